The maximum Gasteiger partial charge on any atom is 0.322 e. The van der Waals surface area contributed by atoms with Crippen LogP contribution in [0.4, 0.5) is 0 Å². The number of carbonyl (C=O) groups is 1. The van der Waals surface area contributed by atoms with Crippen LogP contribution >= 0.6 is 0 Å². The van der Waals surface area contributed by atoms with Crippen molar-refractivity contribution in [1.82, 2.24) is 4.72 Å². The van der Waals surface area contributed by atoms with Crippen molar-refractivity contribution in [2.24, 2.45) is 5.92 Å². The Bertz CT molecular complexity index is 518. The molecule has 112 valence electrons. The van der Waals surface area contributed by atoms with Crippen LogP contribution in [0.3, 0.4) is 0 Å². The molecule has 2 N–H and O–H groups in total. The summed E-state index contributed by atoms with van der Waals surface area (Å²) in [6.07, 6.45) is 4.81. The number of hydrogen-bond donors (Lipinski definition) is 2. The molecule has 1 fully saturated rings. The predicted molar refractivity (Wildman–Crippen MR) is 69.8 cm³/mol. The second-order valence-electron chi connectivity index (χ2n) is 4.99. The monoisotopic (exact) mass is 313 g/mol. The minimum Gasteiger partial charge on any atom is -0.480 e. The molecule has 0 aromatic heterocycles. The minimum absolute atomic E-state index is 0.277. The van der Waals surface area contributed by atoms with Gasteiger partial charge in [0.15, 0.2) is 14.9 Å². The van der Waals surface area contributed by atoms with Gasteiger partial charge in [0.05, 0.1) is 0 Å². The number of nitrogens with one attached hydrogen (secondary N) is 1. The van der Waals surface area contributed by atoms with E-state index in [4.69, 9.17) is 5.11 Å². The minimum atomic E-state index is -4.15. The summed E-state index contributed by atoms with van der Waals surface area (Å²) in [6, 6.07) is -1.24. The maximum absolute atomic E-state index is 11.7. The Hall–Kier alpha value is -0.670. The highest BCUT2D eigenvalue weighted by Crippen LogP contribution is 2.27. The second kappa shape index (κ2) is 6.19. The van der Waals surface area contributed by atoms with E-state index in [2.05, 4.69) is 0 Å². The van der Waals surface area contributed by atoms with Crippen LogP contribution in [0.2, 0.25) is 0 Å². The predicted octanol–water partition coefficient (Wildman–Crippen LogP) is -0.0586. The molecule has 1 rings (SSSR count). The quantitative estimate of drug-likeness (QED) is 0.709. The van der Waals surface area contributed by atoms with Crippen LogP contribution in [0, 0.1) is 5.92 Å². The van der Waals surface area contributed by atoms with Gasteiger partial charge in [0.1, 0.15) is 6.04 Å². The lowest BCUT2D eigenvalue weighted by molar-refractivity contribution is -0.140. The van der Waals surface area contributed by atoms with Crippen LogP contribution < -0.4 is 4.72 Å². The van der Waals surface area contributed by atoms with E-state index in [-0.39, 0.29) is 5.92 Å². The van der Waals surface area contributed by atoms with E-state index < -0.39 is 37.0 Å². The number of sulfone groups is 1. The van der Waals surface area contributed by atoms with Gasteiger partial charge in [0, 0.05) is 6.26 Å². The molecule has 7 nitrogen and oxygen atoms in total. The lowest BCUT2D eigenvalue weighted by atomic mass is 9.84. The van der Waals surface area contributed by atoms with E-state index in [1.807, 2.05) is 4.72 Å². The second-order valence-corrected chi connectivity index (χ2v) is 9.25. The fraction of sp³-hybridized carbons (Fsp3) is 0.900. The first kappa shape index (κ1) is 16.4. The normalized spacial score (nSPS) is 20.1. The lowest BCUT2D eigenvalue weighted by Gasteiger charge is -2.27. The lowest BCUT2D eigenvalue weighted by Crippen LogP contribution is -2.47. The van der Waals surface area contributed by atoms with Crippen LogP contribution in [-0.4, -0.2) is 45.3 Å². The van der Waals surface area contributed by atoms with Crippen molar-refractivity contribution in [3.63, 3.8) is 0 Å². The molecule has 0 aliphatic heterocycles. The highest BCUT2D eigenvalue weighted by atomic mass is 32.3. The summed E-state index contributed by atoms with van der Waals surface area (Å²) in [5.41, 5.74) is 0. The van der Waals surface area contributed by atoms with E-state index in [0.29, 0.717) is 12.8 Å². The zero-order valence-electron chi connectivity index (χ0n) is 10.7. The number of carboxylic acid groups (broad SMARTS) is 1. The molecule has 19 heavy (non-hydrogen) atoms. The van der Waals surface area contributed by atoms with Crippen molar-refractivity contribution in [2.45, 2.75) is 38.1 Å². The van der Waals surface area contributed by atoms with Crippen molar-refractivity contribution >= 4 is 25.8 Å². The van der Waals surface area contributed by atoms with Crippen molar-refractivity contribution < 1.29 is 26.7 Å². The van der Waals surface area contributed by atoms with Gasteiger partial charge in [-0.1, -0.05) is 19.3 Å². The van der Waals surface area contributed by atoms with Gasteiger partial charge in [0.2, 0.25) is 10.0 Å². The van der Waals surface area contributed by atoms with E-state index >= 15 is 0 Å². The zero-order valence-corrected chi connectivity index (χ0v) is 12.3. The molecule has 9 heteroatoms. The van der Waals surface area contributed by atoms with E-state index in [0.717, 1.165) is 25.5 Å². The molecule has 0 spiro atoms. The third-order valence-electron chi connectivity index (χ3n) is 3.06. The molecule has 1 atom stereocenters. The summed E-state index contributed by atoms with van der Waals surface area (Å²) in [5.74, 6) is -1.54. The molecule has 1 unspecified atom stereocenters. The third kappa shape index (κ3) is 5.87. The van der Waals surface area contributed by atoms with Gasteiger partial charge in [0.25, 0.3) is 0 Å². The Morgan fingerprint density at radius 3 is 2.16 bits per heavy atom. The number of aliphatic carboxylic acids is 1. The molecule has 1 saturated carbocycles. The summed E-state index contributed by atoms with van der Waals surface area (Å²) in [5, 5.41) is 8.02. The van der Waals surface area contributed by atoms with Gasteiger partial charge in [-0.3, -0.25) is 4.79 Å². The summed E-state index contributed by atoms with van der Waals surface area (Å²) in [7, 11) is -7.88. The van der Waals surface area contributed by atoms with Crippen molar-refractivity contribution in [1.29, 1.82) is 0 Å². The molecule has 0 saturated heterocycles. The molecule has 0 bridgehead atoms. The van der Waals surface area contributed by atoms with E-state index in [1.165, 1.54) is 0 Å². The molecule has 1 aliphatic rings. The molecule has 0 aromatic carbocycles. The van der Waals surface area contributed by atoms with Crippen LogP contribution in [0.15, 0.2) is 0 Å². The Kier molecular flexibility index (Phi) is 5.34. The van der Waals surface area contributed by atoms with Crippen molar-refractivity contribution in [3.05, 3.63) is 0 Å². The first-order valence-electron chi connectivity index (χ1n) is 6.01. The average molecular weight is 313 g/mol. The highest BCUT2D eigenvalue weighted by Gasteiger charge is 2.33. The number of sulfonamides is 1. The fourth-order valence-electron chi connectivity index (χ4n) is 2.33. The Morgan fingerprint density at radius 2 is 1.74 bits per heavy atom. The fourth-order valence-corrected chi connectivity index (χ4v) is 5.53. The third-order valence-corrected chi connectivity index (χ3v) is 6.63. The maximum atomic E-state index is 11.7. The molecular weight excluding hydrogens is 294 g/mol. The Balaban J connectivity index is 2.81. The summed E-state index contributed by atoms with van der Waals surface area (Å²) in [6.45, 7) is 0. The van der Waals surface area contributed by atoms with Gasteiger partial charge < -0.3 is 5.11 Å². The summed E-state index contributed by atoms with van der Waals surface area (Å²) >= 11 is 0. The molecule has 0 heterocycles. The molecule has 0 aromatic rings. The summed E-state index contributed by atoms with van der Waals surface area (Å²) < 4.78 is 47.3. The first-order valence-corrected chi connectivity index (χ1v) is 9.72. The molecular formula is C10H19NO6S2. The number of carboxylic acids is 1. The van der Waals surface area contributed by atoms with Crippen molar-refractivity contribution in [2.75, 3.05) is 11.3 Å². The van der Waals surface area contributed by atoms with E-state index in [1.54, 1.807) is 0 Å². The smallest absolute Gasteiger partial charge is 0.322 e. The van der Waals surface area contributed by atoms with Crippen LogP contribution in [-0.2, 0) is 24.7 Å². The largest absolute Gasteiger partial charge is 0.480 e. The van der Waals surface area contributed by atoms with Gasteiger partial charge >= 0.3 is 5.97 Å². The molecule has 0 amide bonds. The molecule has 1 aliphatic carbocycles. The zero-order chi connectivity index (χ0) is 14.7. The first-order chi connectivity index (χ1) is 8.61. The van der Waals surface area contributed by atoms with Crippen LogP contribution in [0.5, 0.6) is 0 Å². The van der Waals surface area contributed by atoms with Gasteiger partial charge in [-0.25, -0.2) is 16.8 Å². The number of hydrogen-bond acceptors (Lipinski definition) is 5. The topological polar surface area (TPSA) is 118 Å². The van der Waals surface area contributed by atoms with Crippen LogP contribution in [0.25, 0.3) is 0 Å². The standard InChI is InChI=1S/C10H19NO6S2/c1-18(14,15)7-19(16,17)11-9(10(12)13)8-5-3-2-4-6-8/h8-9,11H,2-7H2,1H3,(H,12,13). The van der Waals surface area contributed by atoms with Gasteiger partial charge in [-0.2, -0.15) is 4.72 Å². The van der Waals surface area contributed by atoms with Gasteiger partial charge in [-0.05, 0) is 18.8 Å². The van der Waals surface area contributed by atoms with Crippen LogP contribution in [0.1, 0.15) is 32.1 Å². The Labute approximate surface area is 113 Å². The summed E-state index contributed by atoms with van der Waals surface area (Å²) in [4.78, 5) is 11.2. The highest BCUT2D eigenvalue weighted by molar-refractivity contribution is 8.06. The van der Waals surface area contributed by atoms with Gasteiger partial charge in [-0.15, -0.1) is 0 Å². The van der Waals surface area contributed by atoms with Crippen molar-refractivity contribution in [3.8, 4) is 0 Å². The molecule has 0 radical (unpaired) electrons. The Morgan fingerprint density at radius 1 is 1.21 bits per heavy atom. The van der Waals surface area contributed by atoms with E-state index in [9.17, 15) is 21.6 Å². The average Bonchev–Trinajstić information content (AvgIpc) is 2.23. The number of rotatable bonds is 6. The SMILES string of the molecule is CS(=O)(=O)CS(=O)(=O)NC(C(=O)O)C1CCCCC1.